The Bertz CT molecular complexity index is 279. The average molecular weight is 294 g/mol. The van der Waals surface area contributed by atoms with Gasteiger partial charge in [-0.2, -0.15) is 0 Å². The second-order valence-electron chi connectivity index (χ2n) is 5.59. The number of esters is 1. The predicted molar refractivity (Wildman–Crippen MR) is 91.4 cm³/mol. The SMILES string of the molecule is CCCCCC=CCCCCCCCC/C=C\C(=O)OC. The lowest BCUT2D eigenvalue weighted by Gasteiger charge is -1.99. The van der Waals surface area contributed by atoms with Crippen molar-refractivity contribution in [1.82, 2.24) is 0 Å². The molecule has 0 unspecified atom stereocenters. The Morgan fingerprint density at radius 2 is 1.24 bits per heavy atom. The molecule has 0 bridgehead atoms. The van der Waals surface area contributed by atoms with E-state index in [1.54, 1.807) is 0 Å². The van der Waals surface area contributed by atoms with E-state index in [-0.39, 0.29) is 5.97 Å². The normalized spacial score (nSPS) is 11.5. The molecule has 0 N–H and O–H groups in total. The second-order valence-corrected chi connectivity index (χ2v) is 5.59. The molecule has 0 spiro atoms. The van der Waals surface area contributed by atoms with Crippen molar-refractivity contribution in [3.63, 3.8) is 0 Å². The van der Waals surface area contributed by atoms with E-state index in [0.29, 0.717) is 0 Å². The summed E-state index contributed by atoms with van der Waals surface area (Å²) in [6.45, 7) is 2.25. The van der Waals surface area contributed by atoms with Crippen molar-refractivity contribution in [2.45, 2.75) is 84.0 Å². The molecular weight excluding hydrogens is 260 g/mol. The third-order valence-corrected chi connectivity index (χ3v) is 3.59. The Morgan fingerprint density at radius 1 is 0.762 bits per heavy atom. The first kappa shape index (κ1) is 19.9. The molecule has 0 aromatic heterocycles. The number of carbonyl (C=O) groups excluding carboxylic acids is 1. The zero-order chi connectivity index (χ0) is 15.6. The second kappa shape index (κ2) is 17.0. The molecule has 0 atom stereocenters. The third-order valence-electron chi connectivity index (χ3n) is 3.59. The lowest BCUT2D eigenvalue weighted by Crippen LogP contribution is -1.93. The minimum Gasteiger partial charge on any atom is -0.466 e. The molecule has 0 aliphatic rings. The summed E-state index contributed by atoms with van der Waals surface area (Å²) in [5.41, 5.74) is 0. The van der Waals surface area contributed by atoms with E-state index in [1.807, 2.05) is 6.08 Å². The van der Waals surface area contributed by atoms with Crippen molar-refractivity contribution in [3.05, 3.63) is 24.3 Å². The van der Waals surface area contributed by atoms with E-state index < -0.39 is 0 Å². The Hall–Kier alpha value is -1.05. The van der Waals surface area contributed by atoms with Gasteiger partial charge in [0, 0.05) is 6.08 Å². The van der Waals surface area contributed by atoms with Crippen LogP contribution >= 0.6 is 0 Å². The number of hydrogen-bond acceptors (Lipinski definition) is 2. The first-order valence-electron chi connectivity index (χ1n) is 8.70. The van der Waals surface area contributed by atoms with E-state index in [9.17, 15) is 4.79 Å². The van der Waals surface area contributed by atoms with Crippen LogP contribution in [0.2, 0.25) is 0 Å². The van der Waals surface area contributed by atoms with E-state index in [1.165, 1.54) is 83.8 Å². The van der Waals surface area contributed by atoms with Crippen LogP contribution in [0.25, 0.3) is 0 Å². The van der Waals surface area contributed by atoms with Gasteiger partial charge in [0.05, 0.1) is 7.11 Å². The molecule has 0 saturated carbocycles. The zero-order valence-corrected chi connectivity index (χ0v) is 14.1. The Morgan fingerprint density at radius 3 is 1.76 bits per heavy atom. The monoisotopic (exact) mass is 294 g/mol. The summed E-state index contributed by atoms with van der Waals surface area (Å²) in [6.07, 6.45) is 23.4. The van der Waals surface area contributed by atoms with Gasteiger partial charge in [-0.25, -0.2) is 4.79 Å². The van der Waals surface area contributed by atoms with Gasteiger partial charge in [-0.15, -0.1) is 0 Å². The Balaban J connectivity index is 3.15. The number of allylic oxidation sites excluding steroid dienone is 3. The van der Waals surface area contributed by atoms with Crippen LogP contribution in [0.4, 0.5) is 0 Å². The average Bonchev–Trinajstić information content (AvgIpc) is 2.50. The fourth-order valence-electron chi connectivity index (χ4n) is 2.23. The van der Waals surface area contributed by atoms with Crippen molar-refractivity contribution in [1.29, 1.82) is 0 Å². The van der Waals surface area contributed by atoms with Crippen LogP contribution in [-0.4, -0.2) is 13.1 Å². The van der Waals surface area contributed by atoms with Crippen molar-refractivity contribution < 1.29 is 9.53 Å². The van der Waals surface area contributed by atoms with Crippen LogP contribution < -0.4 is 0 Å². The summed E-state index contributed by atoms with van der Waals surface area (Å²) in [4.78, 5) is 10.8. The fourth-order valence-corrected chi connectivity index (χ4v) is 2.23. The van der Waals surface area contributed by atoms with Crippen LogP contribution in [0.1, 0.15) is 84.0 Å². The highest BCUT2D eigenvalue weighted by atomic mass is 16.5. The molecule has 122 valence electrons. The van der Waals surface area contributed by atoms with Gasteiger partial charge in [-0.1, -0.05) is 63.7 Å². The van der Waals surface area contributed by atoms with Gasteiger partial charge >= 0.3 is 5.97 Å². The summed E-state index contributed by atoms with van der Waals surface area (Å²) in [6, 6.07) is 0. The quantitative estimate of drug-likeness (QED) is 0.171. The summed E-state index contributed by atoms with van der Waals surface area (Å²) >= 11 is 0. The fraction of sp³-hybridized carbons (Fsp3) is 0.737. The number of hydrogen-bond donors (Lipinski definition) is 0. The molecule has 0 aromatic rings. The molecule has 0 saturated heterocycles. The van der Waals surface area contributed by atoms with Gasteiger partial charge in [-0.3, -0.25) is 0 Å². The number of unbranched alkanes of at least 4 members (excludes halogenated alkanes) is 10. The number of ether oxygens (including phenoxy) is 1. The van der Waals surface area contributed by atoms with Gasteiger partial charge in [0.25, 0.3) is 0 Å². The highest BCUT2D eigenvalue weighted by molar-refractivity contribution is 5.81. The molecule has 2 nitrogen and oxygen atoms in total. The molecule has 21 heavy (non-hydrogen) atoms. The van der Waals surface area contributed by atoms with Crippen LogP contribution in [0, 0.1) is 0 Å². The first-order valence-corrected chi connectivity index (χ1v) is 8.70. The molecule has 0 amide bonds. The molecular formula is C19H34O2. The summed E-state index contributed by atoms with van der Waals surface area (Å²) in [5.74, 6) is -0.252. The predicted octanol–water partition coefficient (Wildman–Crippen LogP) is 5.97. The van der Waals surface area contributed by atoms with Crippen LogP contribution in [-0.2, 0) is 9.53 Å². The topological polar surface area (TPSA) is 26.3 Å². The van der Waals surface area contributed by atoms with E-state index in [2.05, 4.69) is 23.8 Å². The molecule has 0 fully saturated rings. The van der Waals surface area contributed by atoms with E-state index in [4.69, 9.17) is 0 Å². The highest BCUT2D eigenvalue weighted by Gasteiger charge is 1.92. The van der Waals surface area contributed by atoms with E-state index in [0.717, 1.165) is 6.42 Å². The molecule has 0 aromatic carbocycles. The Kier molecular flexibility index (Phi) is 16.2. The van der Waals surface area contributed by atoms with Crippen LogP contribution in [0.15, 0.2) is 24.3 Å². The van der Waals surface area contributed by atoms with Gasteiger partial charge < -0.3 is 4.74 Å². The van der Waals surface area contributed by atoms with E-state index >= 15 is 0 Å². The van der Waals surface area contributed by atoms with Crippen LogP contribution in [0.5, 0.6) is 0 Å². The van der Waals surface area contributed by atoms with Gasteiger partial charge in [0.2, 0.25) is 0 Å². The maximum atomic E-state index is 10.8. The summed E-state index contributed by atoms with van der Waals surface area (Å²) in [5, 5.41) is 0. The minimum absolute atomic E-state index is 0.252. The lowest BCUT2D eigenvalue weighted by atomic mass is 10.1. The van der Waals surface area contributed by atoms with Gasteiger partial charge in [0.1, 0.15) is 0 Å². The number of rotatable bonds is 14. The number of carbonyl (C=O) groups is 1. The Labute approximate surface area is 131 Å². The molecule has 2 heteroatoms. The molecule has 0 aliphatic heterocycles. The lowest BCUT2D eigenvalue weighted by molar-refractivity contribution is -0.134. The van der Waals surface area contributed by atoms with Crippen LogP contribution in [0.3, 0.4) is 0 Å². The minimum atomic E-state index is -0.252. The summed E-state index contributed by atoms with van der Waals surface area (Å²) in [7, 11) is 1.41. The maximum absolute atomic E-state index is 10.8. The molecule has 0 radical (unpaired) electrons. The van der Waals surface area contributed by atoms with Crippen molar-refractivity contribution >= 4 is 5.97 Å². The summed E-state index contributed by atoms with van der Waals surface area (Å²) < 4.78 is 4.54. The third kappa shape index (κ3) is 16.9. The molecule has 0 rings (SSSR count). The zero-order valence-electron chi connectivity index (χ0n) is 14.1. The smallest absolute Gasteiger partial charge is 0.330 e. The van der Waals surface area contributed by atoms with Crippen molar-refractivity contribution in [2.75, 3.05) is 7.11 Å². The van der Waals surface area contributed by atoms with Gasteiger partial charge in [0.15, 0.2) is 0 Å². The molecule has 0 aliphatic carbocycles. The van der Waals surface area contributed by atoms with Crippen molar-refractivity contribution in [3.8, 4) is 0 Å². The maximum Gasteiger partial charge on any atom is 0.330 e. The number of methoxy groups -OCH3 is 1. The standard InChI is InChI=1S/C19H34O2/c1-3-4-5-6-7-8-9-10-11-12-13-14-15-16-17-18-19(20)21-2/h7-8,17-18H,3-6,9-16H2,1-2H3/b8-7?,18-17-. The first-order chi connectivity index (χ1) is 10.3. The largest absolute Gasteiger partial charge is 0.466 e. The van der Waals surface area contributed by atoms with Crippen molar-refractivity contribution in [2.24, 2.45) is 0 Å². The molecule has 0 heterocycles. The highest BCUT2D eigenvalue weighted by Crippen LogP contribution is 2.09. The van der Waals surface area contributed by atoms with Gasteiger partial charge in [-0.05, 0) is 38.5 Å².